The molecule has 0 saturated heterocycles. The van der Waals surface area contributed by atoms with Crippen LogP contribution in [0.4, 0.5) is 5.69 Å². The molecule has 1 aromatic carbocycles. The van der Waals surface area contributed by atoms with Crippen LogP contribution in [0, 0.1) is 0 Å². The summed E-state index contributed by atoms with van der Waals surface area (Å²) < 4.78 is 0. The van der Waals surface area contributed by atoms with Crippen molar-refractivity contribution >= 4 is 17.4 Å². The monoisotopic (exact) mass is 239 g/mol. The molecule has 2 atom stereocenters. The van der Waals surface area contributed by atoms with Crippen LogP contribution < -0.4 is 5.73 Å². The van der Waals surface area contributed by atoms with Crippen molar-refractivity contribution in [3.05, 3.63) is 29.3 Å². The third-order valence-electron chi connectivity index (χ3n) is 2.35. The van der Waals surface area contributed by atoms with Gasteiger partial charge in [-0.2, -0.15) is 0 Å². The number of Topliss-reactive ketones (excluding diaryl/α,β-unsaturated/α-hetero) is 1. The largest absolute Gasteiger partial charge is 0.479 e. The molecule has 0 spiro atoms. The molecule has 0 saturated carbocycles. The van der Waals surface area contributed by atoms with E-state index in [9.17, 15) is 19.8 Å². The SMILES string of the molecule is CC(=O)c1cc(C(O)C(O)C(=O)O)ccc1N. The average Bonchev–Trinajstić information content (AvgIpc) is 2.27. The summed E-state index contributed by atoms with van der Waals surface area (Å²) in [7, 11) is 0. The lowest BCUT2D eigenvalue weighted by Crippen LogP contribution is -2.27. The zero-order valence-electron chi connectivity index (χ0n) is 9.12. The molecule has 1 aromatic rings. The van der Waals surface area contributed by atoms with Crippen LogP contribution in [-0.2, 0) is 4.79 Å². The van der Waals surface area contributed by atoms with Crippen LogP contribution in [0.15, 0.2) is 18.2 Å². The summed E-state index contributed by atoms with van der Waals surface area (Å²) in [4.78, 5) is 21.7. The Balaban J connectivity index is 3.11. The highest BCUT2D eigenvalue weighted by molar-refractivity contribution is 5.99. The Morgan fingerprint density at radius 1 is 1.29 bits per heavy atom. The fourth-order valence-corrected chi connectivity index (χ4v) is 1.38. The van der Waals surface area contributed by atoms with E-state index in [2.05, 4.69) is 0 Å². The number of carbonyl (C=O) groups excluding carboxylic acids is 1. The molecule has 0 heterocycles. The maximum Gasteiger partial charge on any atom is 0.335 e. The molecule has 92 valence electrons. The van der Waals surface area contributed by atoms with Crippen molar-refractivity contribution < 1.29 is 24.9 Å². The van der Waals surface area contributed by atoms with Gasteiger partial charge in [-0.3, -0.25) is 4.79 Å². The zero-order chi connectivity index (χ0) is 13.2. The molecule has 6 nitrogen and oxygen atoms in total. The molecule has 0 aliphatic heterocycles. The summed E-state index contributed by atoms with van der Waals surface area (Å²) in [5.41, 5.74) is 6.08. The molecule has 0 bridgehead atoms. The quantitative estimate of drug-likeness (QED) is 0.432. The minimum Gasteiger partial charge on any atom is -0.479 e. The van der Waals surface area contributed by atoms with Gasteiger partial charge in [0.05, 0.1) is 0 Å². The minimum absolute atomic E-state index is 0.124. The maximum atomic E-state index is 11.2. The lowest BCUT2D eigenvalue weighted by Gasteiger charge is -2.15. The molecule has 0 fully saturated rings. The summed E-state index contributed by atoms with van der Waals surface area (Å²) in [6.45, 7) is 1.30. The van der Waals surface area contributed by atoms with Gasteiger partial charge in [-0.1, -0.05) is 6.07 Å². The molecule has 0 aliphatic carbocycles. The average molecular weight is 239 g/mol. The van der Waals surface area contributed by atoms with E-state index < -0.39 is 18.2 Å². The van der Waals surface area contributed by atoms with E-state index in [-0.39, 0.29) is 22.6 Å². The van der Waals surface area contributed by atoms with E-state index in [1.54, 1.807) is 0 Å². The van der Waals surface area contributed by atoms with E-state index >= 15 is 0 Å². The number of hydrogen-bond donors (Lipinski definition) is 4. The Kier molecular flexibility index (Phi) is 3.82. The van der Waals surface area contributed by atoms with E-state index in [4.69, 9.17) is 10.8 Å². The number of carboxylic acids is 1. The summed E-state index contributed by atoms with van der Waals surface area (Å²) in [5, 5.41) is 27.3. The summed E-state index contributed by atoms with van der Waals surface area (Å²) in [6.07, 6.45) is -3.55. The Hall–Kier alpha value is -1.92. The number of carboxylic acid groups (broad SMARTS) is 1. The number of nitrogens with two attached hydrogens (primary N) is 1. The van der Waals surface area contributed by atoms with Crippen molar-refractivity contribution in [2.75, 3.05) is 5.73 Å². The van der Waals surface area contributed by atoms with Crippen LogP contribution in [0.25, 0.3) is 0 Å². The molecule has 0 radical (unpaired) electrons. The van der Waals surface area contributed by atoms with Gasteiger partial charge in [-0.05, 0) is 24.6 Å². The molecule has 2 unspecified atom stereocenters. The number of hydrogen-bond acceptors (Lipinski definition) is 5. The molecule has 1 rings (SSSR count). The highest BCUT2D eigenvalue weighted by Gasteiger charge is 2.25. The second-order valence-corrected chi connectivity index (χ2v) is 3.63. The van der Waals surface area contributed by atoms with Crippen LogP contribution in [0.2, 0.25) is 0 Å². The van der Waals surface area contributed by atoms with Crippen molar-refractivity contribution in [3.8, 4) is 0 Å². The molecular formula is C11H13NO5. The fraction of sp³-hybridized carbons (Fsp3) is 0.273. The first kappa shape index (κ1) is 13.1. The Morgan fingerprint density at radius 2 is 1.88 bits per heavy atom. The number of aliphatic hydroxyl groups excluding tert-OH is 2. The van der Waals surface area contributed by atoms with Crippen molar-refractivity contribution in [2.24, 2.45) is 0 Å². The normalized spacial score (nSPS) is 14.1. The second-order valence-electron chi connectivity index (χ2n) is 3.63. The number of aliphatic hydroxyl groups is 2. The summed E-state index contributed by atoms with van der Waals surface area (Å²) in [6, 6.07) is 4.01. The first-order valence-corrected chi connectivity index (χ1v) is 4.84. The highest BCUT2D eigenvalue weighted by Crippen LogP contribution is 2.22. The Morgan fingerprint density at radius 3 is 2.35 bits per heavy atom. The van der Waals surface area contributed by atoms with Gasteiger partial charge in [-0.25, -0.2) is 4.79 Å². The number of ketones is 1. The fourth-order valence-electron chi connectivity index (χ4n) is 1.38. The van der Waals surface area contributed by atoms with Gasteiger partial charge in [0.1, 0.15) is 6.10 Å². The Labute approximate surface area is 97.3 Å². The Bertz CT molecular complexity index is 457. The van der Waals surface area contributed by atoms with Gasteiger partial charge in [0.2, 0.25) is 0 Å². The predicted octanol–water partition coefficient (Wildman–Crippen LogP) is -0.0497. The molecule has 6 heteroatoms. The highest BCUT2D eigenvalue weighted by atomic mass is 16.4. The van der Waals surface area contributed by atoms with E-state index in [1.165, 1.54) is 25.1 Å². The van der Waals surface area contributed by atoms with Gasteiger partial charge < -0.3 is 21.1 Å². The predicted molar refractivity (Wildman–Crippen MR) is 59.5 cm³/mol. The number of anilines is 1. The third kappa shape index (κ3) is 2.80. The van der Waals surface area contributed by atoms with Crippen molar-refractivity contribution in [2.45, 2.75) is 19.1 Å². The molecule has 0 amide bonds. The number of nitrogen functional groups attached to an aromatic ring is 1. The van der Waals surface area contributed by atoms with Crippen molar-refractivity contribution in [3.63, 3.8) is 0 Å². The second kappa shape index (κ2) is 4.94. The number of aliphatic carboxylic acids is 1. The van der Waals surface area contributed by atoms with Gasteiger partial charge in [0, 0.05) is 11.3 Å². The van der Waals surface area contributed by atoms with Crippen LogP contribution in [0.3, 0.4) is 0 Å². The molecular weight excluding hydrogens is 226 g/mol. The van der Waals surface area contributed by atoms with E-state index in [0.717, 1.165) is 0 Å². The molecule has 5 N–H and O–H groups in total. The zero-order valence-corrected chi connectivity index (χ0v) is 9.12. The first-order valence-electron chi connectivity index (χ1n) is 4.84. The van der Waals surface area contributed by atoms with Crippen LogP contribution >= 0.6 is 0 Å². The van der Waals surface area contributed by atoms with Crippen LogP contribution in [-0.4, -0.2) is 33.2 Å². The topological polar surface area (TPSA) is 121 Å². The van der Waals surface area contributed by atoms with Gasteiger partial charge in [0.25, 0.3) is 0 Å². The van der Waals surface area contributed by atoms with Crippen LogP contribution in [0.1, 0.15) is 28.9 Å². The molecule has 0 aliphatic rings. The van der Waals surface area contributed by atoms with E-state index in [0.29, 0.717) is 0 Å². The minimum atomic E-state index is -1.95. The molecule has 17 heavy (non-hydrogen) atoms. The summed E-state index contributed by atoms with van der Waals surface area (Å²) >= 11 is 0. The van der Waals surface area contributed by atoms with Crippen molar-refractivity contribution in [1.82, 2.24) is 0 Å². The summed E-state index contributed by atoms with van der Waals surface area (Å²) in [5.74, 6) is -1.85. The lowest BCUT2D eigenvalue weighted by molar-refractivity contribution is -0.153. The van der Waals surface area contributed by atoms with Gasteiger partial charge >= 0.3 is 5.97 Å². The molecule has 0 aromatic heterocycles. The first-order chi connectivity index (χ1) is 7.84. The van der Waals surface area contributed by atoms with E-state index in [1.807, 2.05) is 0 Å². The number of carbonyl (C=O) groups is 2. The smallest absolute Gasteiger partial charge is 0.335 e. The number of rotatable bonds is 4. The number of benzene rings is 1. The van der Waals surface area contributed by atoms with Gasteiger partial charge in [-0.15, -0.1) is 0 Å². The standard InChI is InChI=1S/C11H13NO5/c1-5(13)7-4-6(2-3-8(7)12)9(14)10(15)11(16)17/h2-4,9-10,14-15H,12H2,1H3,(H,16,17). The lowest BCUT2D eigenvalue weighted by atomic mass is 9.99. The van der Waals surface area contributed by atoms with Crippen molar-refractivity contribution in [1.29, 1.82) is 0 Å². The maximum absolute atomic E-state index is 11.2. The third-order valence-corrected chi connectivity index (χ3v) is 2.35. The van der Waals surface area contributed by atoms with Crippen LogP contribution in [0.5, 0.6) is 0 Å². The van der Waals surface area contributed by atoms with Gasteiger partial charge in [0.15, 0.2) is 11.9 Å².